The lowest BCUT2D eigenvalue weighted by molar-refractivity contribution is -0.173. The fraction of sp³-hybridized carbons (Fsp3) is 0.389. The Morgan fingerprint density at radius 2 is 1.46 bits per heavy atom. The molecule has 16 heteroatoms. The Labute approximate surface area is 408 Å². The molecule has 1 aliphatic carbocycles. The van der Waals surface area contributed by atoms with Crippen LogP contribution in [0.5, 0.6) is 11.5 Å². The molecule has 1 N–H and O–H groups in total. The van der Waals surface area contributed by atoms with E-state index in [2.05, 4.69) is 11.9 Å². The standard InChI is InChI=1S/C54H61N3O13/c1-10-45(59)68-33-53(5,6)48(61)49(62)57-29-28-56(51(64)69-47-39-20-13-11-18-37(39)38-19-12-14-21-40(38)47)32-54(57,50(63)67-9)41(24-22-34-23-25-42(65-7)43(30-34)66-8)35-16-15-17-36(31-35)55-44(58)26-27-46(60)70-52(2,3)4/h10-21,23,25,30-31,41,47H,1,22,24,26-29,32-33H2,2-9H3,(H,55,58)/t41-,54?/m1/s1. The van der Waals surface area contributed by atoms with E-state index >= 15 is 9.59 Å². The predicted molar refractivity (Wildman–Crippen MR) is 259 cm³/mol. The largest absolute Gasteiger partial charge is 0.493 e. The molecule has 1 aliphatic heterocycles. The van der Waals surface area contributed by atoms with Gasteiger partial charge in [-0.15, -0.1) is 0 Å². The molecule has 0 aromatic heterocycles. The molecule has 370 valence electrons. The maximum Gasteiger partial charge on any atom is 0.410 e. The van der Waals surface area contributed by atoms with Crippen LogP contribution >= 0.6 is 0 Å². The van der Waals surface area contributed by atoms with Crippen LogP contribution in [0.1, 0.15) is 88.2 Å². The van der Waals surface area contributed by atoms with Gasteiger partial charge in [-0.1, -0.05) is 73.3 Å². The molecule has 2 atom stereocenters. The highest BCUT2D eigenvalue weighted by molar-refractivity contribution is 6.38. The van der Waals surface area contributed by atoms with Gasteiger partial charge in [0.15, 0.2) is 23.1 Å². The number of carbonyl (C=O) groups excluding carboxylic acids is 7. The lowest BCUT2D eigenvalue weighted by atomic mass is 9.72. The molecule has 1 unspecified atom stereocenters. The van der Waals surface area contributed by atoms with E-state index < -0.39 is 83.3 Å². The lowest BCUT2D eigenvalue weighted by Crippen LogP contribution is -2.72. The van der Waals surface area contributed by atoms with E-state index in [1.807, 2.05) is 54.6 Å². The first-order chi connectivity index (χ1) is 33.3. The number of fused-ring (bicyclic) bond motifs is 3. The Kier molecular flexibility index (Phi) is 16.2. The van der Waals surface area contributed by atoms with Crippen LogP contribution in [0.3, 0.4) is 0 Å². The van der Waals surface area contributed by atoms with E-state index in [9.17, 15) is 24.0 Å². The molecule has 4 aromatic carbocycles. The minimum Gasteiger partial charge on any atom is -0.493 e. The highest BCUT2D eigenvalue weighted by atomic mass is 16.6. The summed E-state index contributed by atoms with van der Waals surface area (Å²) in [6, 6.07) is 27.2. The van der Waals surface area contributed by atoms with Gasteiger partial charge in [-0.3, -0.25) is 19.2 Å². The number of ether oxygens (including phenoxy) is 6. The first-order valence-corrected chi connectivity index (χ1v) is 23.0. The molecule has 16 nitrogen and oxygen atoms in total. The van der Waals surface area contributed by atoms with Crippen LogP contribution in [0.15, 0.2) is 104 Å². The fourth-order valence-corrected chi connectivity index (χ4v) is 9.00. The highest BCUT2D eigenvalue weighted by Gasteiger charge is 2.59. The Balaban J connectivity index is 1.46. The summed E-state index contributed by atoms with van der Waals surface area (Å²) in [6.07, 6.45) is -0.690. The zero-order chi connectivity index (χ0) is 51.0. The van der Waals surface area contributed by atoms with Gasteiger partial charge in [0.1, 0.15) is 12.2 Å². The molecule has 0 radical (unpaired) electrons. The molecule has 70 heavy (non-hydrogen) atoms. The summed E-state index contributed by atoms with van der Waals surface area (Å²) in [4.78, 5) is 100.0. The number of carbonyl (C=O) groups is 7. The van der Waals surface area contributed by atoms with Gasteiger partial charge in [-0.2, -0.15) is 0 Å². The van der Waals surface area contributed by atoms with Crippen LogP contribution in [0.2, 0.25) is 0 Å². The second-order valence-electron chi connectivity index (χ2n) is 18.8. The van der Waals surface area contributed by atoms with Crippen molar-refractivity contribution in [2.75, 3.05) is 52.9 Å². The maximum atomic E-state index is 15.2. The quantitative estimate of drug-likeness (QED) is 0.0441. The third kappa shape index (κ3) is 11.5. The van der Waals surface area contributed by atoms with Crippen LogP contribution in [-0.4, -0.2) is 110 Å². The van der Waals surface area contributed by atoms with Crippen LogP contribution < -0.4 is 14.8 Å². The Morgan fingerprint density at radius 1 is 0.800 bits per heavy atom. The monoisotopic (exact) mass is 959 g/mol. The Hall–Kier alpha value is -7.49. The number of anilines is 1. The van der Waals surface area contributed by atoms with Crippen LogP contribution in [0.25, 0.3) is 11.1 Å². The number of Topliss-reactive ketones (excluding diaryl/α,β-unsaturated/α-hetero) is 1. The summed E-state index contributed by atoms with van der Waals surface area (Å²) in [5.41, 5.74) is 0.352. The molecule has 2 aliphatic rings. The number of aryl methyl sites for hydroxylation is 1. The van der Waals surface area contributed by atoms with Gasteiger partial charge in [-0.25, -0.2) is 14.4 Å². The number of hydrogen-bond acceptors (Lipinski definition) is 13. The van der Waals surface area contributed by atoms with Gasteiger partial charge in [0, 0.05) is 48.3 Å². The SMILES string of the molecule is C=CC(=O)OCC(C)(C)C(=O)C(=O)N1CCN(C(=O)OC2c3ccccc3-c3ccccc32)CC1(C(=O)OC)[C@H](CCc1ccc(OC)c(OC)c1)c1cccc(NC(=O)CCC(=O)OC(C)(C)C)c1. The van der Waals surface area contributed by atoms with E-state index in [0.717, 1.165) is 45.9 Å². The lowest BCUT2D eigenvalue weighted by Gasteiger charge is -2.52. The summed E-state index contributed by atoms with van der Waals surface area (Å²) in [6.45, 7) is 10.0. The summed E-state index contributed by atoms with van der Waals surface area (Å²) >= 11 is 0. The van der Waals surface area contributed by atoms with Gasteiger partial charge in [0.25, 0.3) is 5.91 Å². The molecular weight excluding hydrogens is 899 g/mol. The highest BCUT2D eigenvalue weighted by Crippen LogP contribution is 2.47. The number of nitrogens with one attached hydrogen (secondary N) is 1. The molecule has 0 spiro atoms. The molecule has 1 saturated heterocycles. The zero-order valence-electron chi connectivity index (χ0n) is 41.0. The van der Waals surface area contributed by atoms with E-state index in [1.165, 1.54) is 33.0 Å². The van der Waals surface area contributed by atoms with Crippen molar-refractivity contribution in [3.63, 3.8) is 0 Å². The maximum absolute atomic E-state index is 15.2. The molecule has 6 rings (SSSR count). The van der Waals surface area contributed by atoms with Crippen molar-refractivity contribution in [3.8, 4) is 22.6 Å². The van der Waals surface area contributed by atoms with Crippen molar-refractivity contribution in [2.45, 2.75) is 83.5 Å². The molecular formula is C54H61N3O13. The average molecular weight is 960 g/mol. The minimum absolute atomic E-state index is 0.0885. The summed E-state index contributed by atoms with van der Waals surface area (Å²) < 4.78 is 33.7. The van der Waals surface area contributed by atoms with Crippen molar-refractivity contribution in [1.29, 1.82) is 0 Å². The molecule has 4 aromatic rings. The number of methoxy groups -OCH3 is 3. The first-order valence-electron chi connectivity index (χ1n) is 23.0. The first kappa shape index (κ1) is 51.9. The molecule has 1 fully saturated rings. The summed E-state index contributed by atoms with van der Waals surface area (Å²) in [5.74, 6) is -4.99. The van der Waals surface area contributed by atoms with Gasteiger partial charge in [0.05, 0.1) is 39.7 Å². The van der Waals surface area contributed by atoms with Gasteiger partial charge in [-0.05, 0) is 94.0 Å². The van der Waals surface area contributed by atoms with E-state index in [4.69, 9.17) is 28.4 Å². The van der Waals surface area contributed by atoms with Crippen LogP contribution in [0, 0.1) is 5.41 Å². The molecule has 0 saturated carbocycles. The molecule has 3 amide bonds. The number of amides is 3. The van der Waals surface area contributed by atoms with Crippen molar-refractivity contribution >= 4 is 47.3 Å². The van der Waals surface area contributed by atoms with Crippen LogP contribution in [0.4, 0.5) is 10.5 Å². The number of hydrogen-bond donors (Lipinski definition) is 1. The van der Waals surface area contributed by atoms with Crippen LogP contribution in [-0.2, 0) is 54.1 Å². The smallest absolute Gasteiger partial charge is 0.410 e. The van der Waals surface area contributed by atoms with Gasteiger partial charge < -0.3 is 43.5 Å². The average Bonchev–Trinajstić information content (AvgIpc) is 3.66. The number of rotatable bonds is 18. The van der Waals surface area contributed by atoms with Gasteiger partial charge in [0.2, 0.25) is 11.7 Å². The zero-order valence-corrected chi connectivity index (χ0v) is 41.0. The normalized spacial score (nSPS) is 15.9. The van der Waals surface area contributed by atoms with Crippen molar-refractivity contribution in [2.24, 2.45) is 5.41 Å². The predicted octanol–water partition coefficient (Wildman–Crippen LogP) is 7.77. The summed E-state index contributed by atoms with van der Waals surface area (Å²) in [5, 5.41) is 2.84. The van der Waals surface area contributed by atoms with E-state index in [0.29, 0.717) is 22.7 Å². The minimum atomic E-state index is -2.14. The number of piperazine rings is 1. The third-order valence-corrected chi connectivity index (χ3v) is 12.4. The van der Waals surface area contributed by atoms with Crippen molar-refractivity contribution in [1.82, 2.24) is 9.80 Å². The van der Waals surface area contributed by atoms with Crippen molar-refractivity contribution < 1.29 is 62.0 Å². The third-order valence-electron chi connectivity index (χ3n) is 12.4. The Bertz CT molecular complexity index is 2610. The fourth-order valence-electron chi connectivity index (χ4n) is 9.00. The number of ketones is 1. The molecule has 0 bridgehead atoms. The van der Waals surface area contributed by atoms with E-state index in [1.54, 1.807) is 57.2 Å². The van der Waals surface area contributed by atoms with E-state index in [-0.39, 0.29) is 38.8 Å². The number of nitrogens with zero attached hydrogens (tertiary/aromatic N) is 2. The van der Waals surface area contributed by atoms with Gasteiger partial charge >= 0.3 is 24.0 Å². The molecule has 1 heterocycles. The second kappa shape index (κ2) is 21.9. The topological polar surface area (TPSA) is 193 Å². The number of esters is 3. The second-order valence-corrected chi connectivity index (χ2v) is 18.8. The van der Waals surface area contributed by atoms with Crippen molar-refractivity contribution in [3.05, 3.63) is 126 Å². The number of benzene rings is 4. The Morgan fingerprint density at radius 3 is 2.07 bits per heavy atom. The summed E-state index contributed by atoms with van der Waals surface area (Å²) in [7, 11) is 4.17.